The van der Waals surface area contributed by atoms with Crippen LogP contribution in [0.5, 0.6) is 0 Å². The first-order valence-corrected chi connectivity index (χ1v) is 6.04. The monoisotopic (exact) mass is 284 g/mol. The average Bonchev–Trinajstić information content (AvgIpc) is 2.65. The second-order valence-corrected chi connectivity index (χ2v) is 4.62. The Morgan fingerprint density at radius 2 is 1.70 bits per heavy atom. The van der Waals surface area contributed by atoms with Gasteiger partial charge in [-0.15, -0.1) is 0 Å². The third kappa shape index (κ3) is 2.21. The summed E-state index contributed by atoms with van der Waals surface area (Å²) in [4.78, 5) is 0. The van der Waals surface area contributed by atoms with Gasteiger partial charge in [0.25, 0.3) is 0 Å². The smallest absolute Gasteiger partial charge is 0.194 e. The van der Waals surface area contributed by atoms with Gasteiger partial charge >= 0.3 is 0 Å². The Morgan fingerprint density at radius 1 is 1.05 bits per heavy atom. The first kappa shape index (κ1) is 14.6. The molecule has 1 aromatic carbocycles. The molecular weight excluding hydrogens is 269 g/mol. The molecule has 2 rings (SSSR count). The second-order valence-electron chi connectivity index (χ2n) is 4.62. The average molecular weight is 284 g/mol. The summed E-state index contributed by atoms with van der Waals surface area (Å²) in [5.41, 5.74) is 3.76. The summed E-state index contributed by atoms with van der Waals surface area (Å²) in [6.07, 6.45) is 0. The Bertz CT molecular complexity index is 652. The Labute approximate surface area is 114 Å². The van der Waals surface area contributed by atoms with Crippen molar-refractivity contribution >= 4 is 0 Å². The molecule has 0 aliphatic heterocycles. The highest BCUT2D eigenvalue weighted by Crippen LogP contribution is 2.33. The molecule has 3 nitrogen and oxygen atoms in total. The van der Waals surface area contributed by atoms with Crippen molar-refractivity contribution in [2.24, 2.45) is 5.84 Å². The quantitative estimate of drug-likeness (QED) is 0.517. The van der Waals surface area contributed by atoms with Gasteiger partial charge in [0.05, 0.1) is 6.04 Å². The van der Waals surface area contributed by atoms with Crippen LogP contribution in [0.25, 0.3) is 0 Å². The minimum Gasteiger partial charge on any atom is -0.466 e. The maximum atomic E-state index is 13.9. The van der Waals surface area contributed by atoms with E-state index in [4.69, 9.17) is 10.3 Å². The van der Waals surface area contributed by atoms with Gasteiger partial charge in [0, 0.05) is 11.1 Å². The van der Waals surface area contributed by atoms with Crippen molar-refractivity contribution in [2.45, 2.75) is 26.8 Å². The standard InChI is InChI=1S/C14H15F3N2O/c1-6-7(2)20-8(3)11(6)14(19-18)9-4-5-10(15)13(17)12(9)16/h4-5,14,19H,18H2,1-3H3. The van der Waals surface area contributed by atoms with E-state index in [9.17, 15) is 13.2 Å². The highest BCUT2D eigenvalue weighted by molar-refractivity contribution is 5.41. The number of rotatable bonds is 3. The van der Waals surface area contributed by atoms with Crippen molar-refractivity contribution in [3.63, 3.8) is 0 Å². The molecule has 2 aromatic rings. The fourth-order valence-corrected chi connectivity index (χ4v) is 2.33. The Balaban J connectivity index is 2.62. The van der Waals surface area contributed by atoms with Gasteiger partial charge in [-0.3, -0.25) is 5.84 Å². The maximum absolute atomic E-state index is 13.9. The molecule has 0 aliphatic carbocycles. The summed E-state index contributed by atoms with van der Waals surface area (Å²) in [6.45, 7) is 5.27. The van der Waals surface area contributed by atoms with Crippen molar-refractivity contribution in [3.8, 4) is 0 Å². The van der Waals surface area contributed by atoms with E-state index in [1.807, 2.05) is 0 Å². The first-order valence-electron chi connectivity index (χ1n) is 6.04. The predicted molar refractivity (Wildman–Crippen MR) is 68.4 cm³/mol. The van der Waals surface area contributed by atoms with E-state index in [1.165, 1.54) is 6.07 Å². The number of hydrogen-bond acceptors (Lipinski definition) is 3. The zero-order valence-electron chi connectivity index (χ0n) is 11.4. The number of hydrazine groups is 1. The van der Waals surface area contributed by atoms with Gasteiger partial charge in [0.2, 0.25) is 0 Å². The van der Waals surface area contributed by atoms with E-state index < -0.39 is 23.5 Å². The summed E-state index contributed by atoms with van der Waals surface area (Å²) in [5, 5.41) is 0. The molecule has 0 aliphatic rings. The van der Waals surface area contributed by atoms with Crippen LogP contribution in [0.2, 0.25) is 0 Å². The van der Waals surface area contributed by atoms with E-state index in [-0.39, 0.29) is 5.56 Å². The minimum atomic E-state index is -1.52. The topological polar surface area (TPSA) is 51.2 Å². The van der Waals surface area contributed by atoms with Gasteiger partial charge in [0.15, 0.2) is 17.5 Å². The SMILES string of the molecule is Cc1oc(C)c(C(NN)c2ccc(F)c(F)c2F)c1C. The summed E-state index contributed by atoms with van der Waals surface area (Å²) in [5.74, 6) is 2.67. The van der Waals surface area contributed by atoms with E-state index in [0.29, 0.717) is 17.1 Å². The molecule has 6 heteroatoms. The molecule has 0 amide bonds. The summed E-state index contributed by atoms with van der Waals surface area (Å²) < 4.78 is 45.7. The molecule has 1 unspecified atom stereocenters. The molecule has 0 fully saturated rings. The number of benzene rings is 1. The summed E-state index contributed by atoms with van der Waals surface area (Å²) >= 11 is 0. The number of nitrogens with one attached hydrogen (secondary N) is 1. The van der Waals surface area contributed by atoms with Gasteiger partial charge in [-0.2, -0.15) is 0 Å². The lowest BCUT2D eigenvalue weighted by Gasteiger charge is -2.18. The number of hydrogen-bond donors (Lipinski definition) is 2. The molecule has 1 aromatic heterocycles. The normalized spacial score (nSPS) is 12.8. The summed E-state index contributed by atoms with van der Waals surface area (Å²) in [7, 11) is 0. The zero-order valence-corrected chi connectivity index (χ0v) is 11.4. The van der Waals surface area contributed by atoms with E-state index in [0.717, 1.165) is 11.6 Å². The lowest BCUT2D eigenvalue weighted by Crippen LogP contribution is -2.30. The predicted octanol–water partition coefficient (Wildman–Crippen LogP) is 3.17. The van der Waals surface area contributed by atoms with Crippen molar-refractivity contribution < 1.29 is 17.6 Å². The third-order valence-electron chi connectivity index (χ3n) is 3.45. The fraction of sp³-hybridized carbons (Fsp3) is 0.286. The van der Waals surface area contributed by atoms with Crippen LogP contribution in [0.3, 0.4) is 0 Å². The van der Waals surface area contributed by atoms with E-state index >= 15 is 0 Å². The molecule has 0 saturated carbocycles. The number of nitrogens with two attached hydrogens (primary N) is 1. The van der Waals surface area contributed by atoms with Crippen molar-refractivity contribution in [1.29, 1.82) is 0 Å². The largest absolute Gasteiger partial charge is 0.466 e. The van der Waals surface area contributed by atoms with Gasteiger partial charge in [-0.05, 0) is 32.4 Å². The summed E-state index contributed by atoms with van der Waals surface area (Å²) in [6, 6.07) is 1.22. The van der Waals surface area contributed by atoms with Crippen LogP contribution in [0.1, 0.15) is 34.3 Å². The van der Waals surface area contributed by atoms with Crippen molar-refractivity contribution in [3.05, 3.63) is 57.8 Å². The highest BCUT2D eigenvalue weighted by atomic mass is 19.2. The van der Waals surface area contributed by atoms with Crippen LogP contribution in [-0.4, -0.2) is 0 Å². The molecule has 0 bridgehead atoms. The van der Waals surface area contributed by atoms with Gasteiger partial charge < -0.3 is 4.42 Å². The molecule has 0 saturated heterocycles. The third-order valence-corrected chi connectivity index (χ3v) is 3.45. The Hall–Kier alpha value is -1.79. The first-order chi connectivity index (χ1) is 9.38. The zero-order chi connectivity index (χ0) is 15.0. The molecular formula is C14H15F3N2O. The van der Waals surface area contributed by atoms with Crippen molar-refractivity contribution in [2.75, 3.05) is 0 Å². The highest BCUT2D eigenvalue weighted by Gasteiger charge is 2.26. The number of furan rings is 1. The molecule has 1 heterocycles. The lowest BCUT2D eigenvalue weighted by atomic mass is 9.95. The second kappa shape index (κ2) is 5.30. The Kier molecular flexibility index (Phi) is 3.87. The molecule has 3 N–H and O–H groups in total. The van der Waals surface area contributed by atoms with Gasteiger partial charge in [-0.1, -0.05) is 6.07 Å². The van der Waals surface area contributed by atoms with Crippen LogP contribution in [0, 0.1) is 38.2 Å². The van der Waals surface area contributed by atoms with Crippen LogP contribution in [0.4, 0.5) is 13.2 Å². The van der Waals surface area contributed by atoms with E-state index in [1.54, 1.807) is 20.8 Å². The van der Waals surface area contributed by atoms with Gasteiger partial charge in [0.1, 0.15) is 11.5 Å². The van der Waals surface area contributed by atoms with Crippen molar-refractivity contribution in [1.82, 2.24) is 5.43 Å². The molecule has 20 heavy (non-hydrogen) atoms. The van der Waals surface area contributed by atoms with E-state index in [2.05, 4.69) is 5.43 Å². The molecule has 0 spiro atoms. The molecule has 108 valence electrons. The number of aryl methyl sites for hydroxylation is 2. The van der Waals surface area contributed by atoms with Crippen LogP contribution >= 0.6 is 0 Å². The van der Waals surface area contributed by atoms with Crippen LogP contribution in [0.15, 0.2) is 16.5 Å². The minimum absolute atomic E-state index is 0.0709. The number of halogens is 3. The fourth-order valence-electron chi connectivity index (χ4n) is 2.33. The lowest BCUT2D eigenvalue weighted by molar-refractivity contribution is 0.431. The van der Waals surface area contributed by atoms with Crippen LogP contribution in [-0.2, 0) is 0 Å². The molecule has 1 atom stereocenters. The Morgan fingerprint density at radius 3 is 2.20 bits per heavy atom. The maximum Gasteiger partial charge on any atom is 0.194 e. The van der Waals surface area contributed by atoms with Gasteiger partial charge in [-0.25, -0.2) is 18.6 Å². The molecule has 0 radical (unpaired) electrons. The van der Waals surface area contributed by atoms with Crippen LogP contribution < -0.4 is 11.3 Å².